The van der Waals surface area contributed by atoms with Crippen LogP contribution in [-0.4, -0.2) is 5.11 Å². The van der Waals surface area contributed by atoms with Crippen molar-refractivity contribution < 1.29 is 9.50 Å². The van der Waals surface area contributed by atoms with Crippen molar-refractivity contribution in [3.8, 4) is 5.75 Å². The van der Waals surface area contributed by atoms with Crippen molar-refractivity contribution in [3.63, 3.8) is 0 Å². The zero-order valence-corrected chi connectivity index (χ0v) is 7.29. The van der Waals surface area contributed by atoms with Gasteiger partial charge in [-0.2, -0.15) is 0 Å². The highest BCUT2D eigenvalue weighted by atomic mass is 79.9. The van der Waals surface area contributed by atoms with Gasteiger partial charge in [0.1, 0.15) is 0 Å². The Kier molecular flexibility index (Phi) is 2.21. The maximum absolute atomic E-state index is 12.5. The van der Waals surface area contributed by atoms with E-state index in [1.165, 1.54) is 12.1 Å². The largest absolute Gasteiger partial charge is 0.504 e. The molecule has 0 aliphatic heterocycles. The first kappa shape index (κ1) is 7.88. The summed E-state index contributed by atoms with van der Waals surface area (Å²) in [5, 5.41) is 8.86. The highest BCUT2D eigenvalue weighted by Crippen LogP contribution is 2.28. The Morgan fingerprint density at radius 2 is 2.10 bits per heavy atom. The number of hydrogen-bond acceptors (Lipinski definition) is 2. The van der Waals surface area contributed by atoms with Crippen molar-refractivity contribution in [2.45, 2.75) is 4.90 Å². The second-order valence-corrected chi connectivity index (χ2v) is 3.15. The predicted molar refractivity (Wildman–Crippen MR) is 43.0 cm³/mol. The van der Waals surface area contributed by atoms with E-state index in [0.717, 1.165) is 0 Å². The van der Waals surface area contributed by atoms with E-state index in [9.17, 15) is 4.39 Å². The summed E-state index contributed by atoms with van der Waals surface area (Å²) in [5.74, 6) is -1.08. The Labute approximate surface area is 71.4 Å². The number of halogens is 2. The fourth-order valence-electron chi connectivity index (χ4n) is 0.552. The van der Waals surface area contributed by atoms with Crippen molar-refractivity contribution >= 4 is 28.6 Å². The zero-order valence-electron chi connectivity index (χ0n) is 4.81. The van der Waals surface area contributed by atoms with Crippen molar-refractivity contribution in [1.82, 2.24) is 0 Å². The number of rotatable bonds is 0. The molecule has 1 aromatic carbocycles. The van der Waals surface area contributed by atoms with Crippen LogP contribution in [0.3, 0.4) is 0 Å². The normalized spacial score (nSPS) is 9.90. The number of aromatic hydroxyl groups is 1. The van der Waals surface area contributed by atoms with Crippen molar-refractivity contribution in [2.75, 3.05) is 0 Å². The number of thiol groups is 1. The van der Waals surface area contributed by atoms with Gasteiger partial charge in [0.15, 0.2) is 11.6 Å². The van der Waals surface area contributed by atoms with Crippen molar-refractivity contribution in [2.24, 2.45) is 0 Å². The molecule has 0 aromatic heterocycles. The van der Waals surface area contributed by atoms with E-state index in [0.29, 0.717) is 4.47 Å². The maximum Gasteiger partial charge on any atom is 0.167 e. The summed E-state index contributed by atoms with van der Waals surface area (Å²) in [7, 11) is 0. The predicted octanol–water partition coefficient (Wildman–Crippen LogP) is 2.58. The fourth-order valence-corrected chi connectivity index (χ4v) is 1.41. The standard InChI is InChI=1S/C6H4BrFOS/c7-3-1-4(8)6(9)5(10)2-3/h1-2,9-10H. The van der Waals surface area contributed by atoms with E-state index in [1.807, 2.05) is 0 Å². The van der Waals surface area contributed by atoms with Gasteiger partial charge in [0.25, 0.3) is 0 Å². The van der Waals surface area contributed by atoms with Crippen LogP contribution in [0.25, 0.3) is 0 Å². The van der Waals surface area contributed by atoms with E-state index in [1.54, 1.807) is 0 Å². The fraction of sp³-hybridized carbons (Fsp3) is 0. The van der Waals surface area contributed by atoms with Gasteiger partial charge < -0.3 is 5.11 Å². The average molecular weight is 223 g/mol. The summed E-state index contributed by atoms with van der Waals surface area (Å²) in [5.41, 5.74) is 0. The molecule has 1 rings (SSSR count). The molecule has 0 fully saturated rings. The molecule has 0 atom stereocenters. The smallest absolute Gasteiger partial charge is 0.167 e. The topological polar surface area (TPSA) is 20.2 Å². The molecule has 0 aliphatic rings. The van der Waals surface area contributed by atoms with Gasteiger partial charge in [0.05, 0.1) is 4.90 Å². The summed E-state index contributed by atoms with van der Waals surface area (Å²) in [6.07, 6.45) is 0. The summed E-state index contributed by atoms with van der Waals surface area (Å²) < 4.78 is 13.1. The van der Waals surface area contributed by atoms with Crippen LogP contribution < -0.4 is 0 Å². The molecule has 0 aliphatic carbocycles. The molecule has 1 aromatic rings. The molecule has 0 saturated carbocycles. The molecule has 1 nitrogen and oxygen atoms in total. The van der Waals surface area contributed by atoms with Gasteiger partial charge in [-0.15, -0.1) is 12.6 Å². The third-order valence-electron chi connectivity index (χ3n) is 1.01. The molecule has 0 radical (unpaired) electrons. The van der Waals surface area contributed by atoms with E-state index >= 15 is 0 Å². The minimum atomic E-state index is -0.667. The number of benzene rings is 1. The Hall–Kier alpha value is -0.220. The van der Waals surface area contributed by atoms with E-state index in [2.05, 4.69) is 28.6 Å². The van der Waals surface area contributed by atoms with Gasteiger partial charge in [0.2, 0.25) is 0 Å². The molecule has 4 heteroatoms. The van der Waals surface area contributed by atoms with Gasteiger partial charge in [-0.1, -0.05) is 15.9 Å². The first-order valence-electron chi connectivity index (χ1n) is 2.48. The van der Waals surface area contributed by atoms with E-state index in [-0.39, 0.29) is 4.90 Å². The van der Waals surface area contributed by atoms with Crippen LogP contribution in [0.1, 0.15) is 0 Å². The number of hydrogen-bond donors (Lipinski definition) is 2. The lowest BCUT2D eigenvalue weighted by molar-refractivity contribution is 0.420. The Balaban J connectivity index is 3.31. The summed E-state index contributed by atoms with van der Waals surface area (Å²) >= 11 is 6.86. The van der Waals surface area contributed by atoms with Crippen molar-refractivity contribution in [1.29, 1.82) is 0 Å². The van der Waals surface area contributed by atoms with Gasteiger partial charge in [-0.3, -0.25) is 0 Å². The van der Waals surface area contributed by atoms with E-state index in [4.69, 9.17) is 5.11 Å². The van der Waals surface area contributed by atoms with Gasteiger partial charge >= 0.3 is 0 Å². The highest BCUT2D eigenvalue weighted by Gasteiger charge is 2.04. The lowest BCUT2D eigenvalue weighted by atomic mass is 10.3. The molecular formula is C6H4BrFOS. The van der Waals surface area contributed by atoms with Gasteiger partial charge in [-0.05, 0) is 12.1 Å². The first-order valence-corrected chi connectivity index (χ1v) is 3.72. The Bertz CT molecular complexity index is 241. The Morgan fingerprint density at radius 1 is 1.50 bits per heavy atom. The maximum atomic E-state index is 12.5. The molecule has 1 N–H and O–H groups in total. The van der Waals surface area contributed by atoms with Crippen LogP contribution in [0.4, 0.5) is 4.39 Å². The summed E-state index contributed by atoms with van der Waals surface area (Å²) in [6.45, 7) is 0. The molecule has 0 amide bonds. The summed E-state index contributed by atoms with van der Waals surface area (Å²) in [4.78, 5) is 0.229. The Morgan fingerprint density at radius 3 is 2.60 bits per heavy atom. The second-order valence-electron chi connectivity index (χ2n) is 1.76. The average Bonchev–Trinajstić information content (AvgIpc) is 1.82. The third-order valence-corrected chi connectivity index (χ3v) is 1.81. The van der Waals surface area contributed by atoms with Gasteiger partial charge in [0, 0.05) is 4.47 Å². The van der Waals surface area contributed by atoms with Crippen LogP contribution in [0, 0.1) is 5.82 Å². The van der Waals surface area contributed by atoms with Crippen LogP contribution in [-0.2, 0) is 0 Å². The van der Waals surface area contributed by atoms with Crippen LogP contribution in [0.5, 0.6) is 5.75 Å². The van der Waals surface area contributed by atoms with Crippen LogP contribution in [0.2, 0.25) is 0 Å². The molecule has 0 bridgehead atoms. The number of phenolic OH excluding ortho intramolecular Hbond substituents is 1. The SMILES string of the molecule is Oc1c(F)cc(Br)cc1S. The lowest BCUT2D eigenvalue weighted by Gasteiger charge is -1.98. The molecule has 0 spiro atoms. The third kappa shape index (κ3) is 1.44. The van der Waals surface area contributed by atoms with E-state index < -0.39 is 11.6 Å². The molecule has 0 heterocycles. The molecule has 54 valence electrons. The van der Waals surface area contributed by atoms with Crippen LogP contribution in [0.15, 0.2) is 21.5 Å². The van der Waals surface area contributed by atoms with Crippen molar-refractivity contribution in [3.05, 3.63) is 22.4 Å². The first-order chi connectivity index (χ1) is 4.61. The number of phenols is 1. The highest BCUT2D eigenvalue weighted by molar-refractivity contribution is 9.10. The molecule has 0 saturated heterocycles. The molecule has 0 unspecified atom stereocenters. The quantitative estimate of drug-likeness (QED) is 0.647. The monoisotopic (exact) mass is 222 g/mol. The van der Waals surface area contributed by atoms with Gasteiger partial charge in [-0.25, -0.2) is 4.39 Å². The minimum absolute atomic E-state index is 0.229. The zero-order chi connectivity index (χ0) is 7.72. The lowest BCUT2D eigenvalue weighted by Crippen LogP contribution is -1.77. The second kappa shape index (κ2) is 2.80. The minimum Gasteiger partial charge on any atom is -0.504 e. The summed E-state index contributed by atoms with van der Waals surface area (Å²) in [6, 6.07) is 2.69. The van der Waals surface area contributed by atoms with Crippen LogP contribution >= 0.6 is 28.6 Å². The molecular weight excluding hydrogens is 219 g/mol. The molecule has 10 heavy (non-hydrogen) atoms.